The van der Waals surface area contributed by atoms with Crippen LogP contribution >= 0.6 is 0 Å². The third-order valence-corrected chi connectivity index (χ3v) is 5.77. The van der Waals surface area contributed by atoms with E-state index in [0.717, 1.165) is 17.5 Å². The minimum absolute atomic E-state index is 0.262. The number of nitriles is 1. The van der Waals surface area contributed by atoms with E-state index in [1.807, 2.05) is 30.3 Å². The maximum absolute atomic E-state index is 14.7. The van der Waals surface area contributed by atoms with Crippen molar-refractivity contribution in [3.63, 3.8) is 0 Å². The standard InChI is InChI=1S/C31H24FNO2/c1-22(26-5-3-2-4-6-26)19-25-10-14-27(30(32)20-25)13-7-23-8-15-28(16-9-23)31(34)35-29-17-11-24(21-33)12-18-29/h2-18,20,22H,19H2,1H3/t22-/m0/s1. The highest BCUT2D eigenvalue weighted by molar-refractivity contribution is 5.91. The van der Waals surface area contributed by atoms with Crippen LogP contribution in [0.5, 0.6) is 5.75 Å². The van der Waals surface area contributed by atoms with Crippen molar-refractivity contribution in [2.75, 3.05) is 0 Å². The molecular weight excluding hydrogens is 437 g/mol. The van der Waals surface area contributed by atoms with Crippen molar-refractivity contribution < 1.29 is 13.9 Å². The molecule has 0 spiro atoms. The highest BCUT2D eigenvalue weighted by Crippen LogP contribution is 2.22. The predicted molar refractivity (Wildman–Crippen MR) is 136 cm³/mol. The van der Waals surface area contributed by atoms with E-state index in [1.54, 1.807) is 72.8 Å². The smallest absolute Gasteiger partial charge is 0.343 e. The average Bonchev–Trinajstić information content (AvgIpc) is 2.89. The van der Waals surface area contributed by atoms with Gasteiger partial charge >= 0.3 is 5.97 Å². The van der Waals surface area contributed by atoms with E-state index in [1.165, 1.54) is 5.56 Å². The van der Waals surface area contributed by atoms with Gasteiger partial charge in [-0.15, -0.1) is 0 Å². The largest absolute Gasteiger partial charge is 0.423 e. The minimum atomic E-state index is -0.489. The predicted octanol–water partition coefficient (Wildman–Crippen LogP) is 7.43. The normalized spacial score (nSPS) is 11.7. The van der Waals surface area contributed by atoms with Gasteiger partial charge in [-0.25, -0.2) is 9.18 Å². The Morgan fingerprint density at radius 2 is 1.66 bits per heavy atom. The summed E-state index contributed by atoms with van der Waals surface area (Å²) in [6, 6.07) is 30.8. The van der Waals surface area contributed by atoms with Gasteiger partial charge < -0.3 is 4.74 Å². The first-order valence-electron chi connectivity index (χ1n) is 11.4. The molecular formula is C31H24FNO2. The molecule has 0 aromatic heterocycles. The first-order chi connectivity index (χ1) is 17.0. The molecule has 0 fully saturated rings. The molecule has 0 bridgehead atoms. The number of nitrogens with zero attached hydrogens (tertiary/aromatic N) is 1. The fourth-order valence-corrected chi connectivity index (χ4v) is 3.77. The first-order valence-corrected chi connectivity index (χ1v) is 11.4. The molecule has 172 valence electrons. The topological polar surface area (TPSA) is 50.1 Å². The number of hydrogen-bond acceptors (Lipinski definition) is 3. The van der Waals surface area contributed by atoms with Gasteiger partial charge in [-0.3, -0.25) is 0 Å². The molecule has 0 amide bonds. The van der Waals surface area contributed by atoms with Crippen LogP contribution in [0.4, 0.5) is 4.39 Å². The molecule has 0 aliphatic heterocycles. The molecule has 4 aromatic rings. The van der Waals surface area contributed by atoms with Crippen LogP contribution in [0.3, 0.4) is 0 Å². The van der Waals surface area contributed by atoms with Crippen LogP contribution < -0.4 is 4.74 Å². The number of rotatable bonds is 7. The van der Waals surface area contributed by atoms with E-state index in [-0.39, 0.29) is 5.82 Å². The molecule has 0 saturated carbocycles. The average molecular weight is 462 g/mol. The Bertz CT molecular complexity index is 1370. The molecule has 0 aliphatic carbocycles. The number of halogens is 1. The lowest BCUT2D eigenvalue weighted by Gasteiger charge is -2.12. The number of esters is 1. The van der Waals surface area contributed by atoms with E-state index in [9.17, 15) is 9.18 Å². The lowest BCUT2D eigenvalue weighted by atomic mass is 9.93. The van der Waals surface area contributed by atoms with E-state index >= 15 is 0 Å². The quantitative estimate of drug-likeness (QED) is 0.163. The number of hydrogen-bond donors (Lipinski definition) is 0. The summed E-state index contributed by atoms with van der Waals surface area (Å²) in [7, 11) is 0. The molecule has 4 aromatic carbocycles. The SMILES string of the molecule is C[C@@H](Cc1ccc(C=Cc2ccc(C(=O)Oc3ccc(C#N)cc3)cc2)c(F)c1)c1ccccc1. The van der Waals surface area contributed by atoms with Crippen LogP contribution in [0.25, 0.3) is 12.2 Å². The summed E-state index contributed by atoms with van der Waals surface area (Å²) in [5.74, 6) is -0.0765. The molecule has 4 heteroatoms. The number of benzene rings is 4. The van der Waals surface area contributed by atoms with Gasteiger partial charge in [-0.05, 0) is 71.5 Å². The van der Waals surface area contributed by atoms with Gasteiger partial charge in [0.05, 0.1) is 17.2 Å². The van der Waals surface area contributed by atoms with Crippen LogP contribution in [0, 0.1) is 17.1 Å². The maximum atomic E-state index is 14.7. The summed E-state index contributed by atoms with van der Waals surface area (Å²) >= 11 is 0. The fraction of sp³-hybridized carbons (Fsp3) is 0.0968. The molecule has 0 saturated heterocycles. The Balaban J connectivity index is 1.37. The van der Waals surface area contributed by atoms with Crippen molar-refractivity contribution in [1.29, 1.82) is 5.26 Å². The highest BCUT2D eigenvalue weighted by atomic mass is 19.1. The minimum Gasteiger partial charge on any atom is -0.423 e. The fourth-order valence-electron chi connectivity index (χ4n) is 3.77. The lowest BCUT2D eigenvalue weighted by Crippen LogP contribution is -2.08. The highest BCUT2D eigenvalue weighted by Gasteiger charge is 2.10. The summed E-state index contributed by atoms with van der Waals surface area (Å²) in [5.41, 5.74) is 4.43. The molecule has 3 nitrogen and oxygen atoms in total. The monoisotopic (exact) mass is 461 g/mol. The van der Waals surface area contributed by atoms with E-state index in [0.29, 0.717) is 28.4 Å². The zero-order valence-electron chi connectivity index (χ0n) is 19.3. The van der Waals surface area contributed by atoms with Gasteiger partial charge in [0, 0.05) is 5.56 Å². The Hall–Kier alpha value is -4.49. The summed E-state index contributed by atoms with van der Waals surface area (Å²) in [5, 5.41) is 8.84. The summed E-state index contributed by atoms with van der Waals surface area (Å²) < 4.78 is 20.0. The molecule has 1 atom stereocenters. The molecule has 0 unspecified atom stereocenters. The summed E-state index contributed by atoms with van der Waals surface area (Å²) in [6.07, 6.45) is 4.30. The molecule has 0 N–H and O–H groups in total. The van der Waals surface area contributed by atoms with Gasteiger partial charge in [0.15, 0.2) is 0 Å². The molecule has 0 radical (unpaired) electrons. The number of carbonyl (C=O) groups is 1. The van der Waals surface area contributed by atoms with Crippen molar-refractivity contribution >= 4 is 18.1 Å². The van der Waals surface area contributed by atoms with Gasteiger partial charge in [-0.1, -0.05) is 73.7 Å². The molecule has 4 rings (SSSR count). The van der Waals surface area contributed by atoms with E-state index < -0.39 is 5.97 Å². The zero-order chi connectivity index (χ0) is 24.6. The third-order valence-electron chi connectivity index (χ3n) is 5.77. The van der Waals surface area contributed by atoms with Crippen molar-refractivity contribution in [3.05, 3.63) is 136 Å². The third kappa shape index (κ3) is 6.31. The Morgan fingerprint density at radius 1 is 0.943 bits per heavy atom. The molecule has 0 heterocycles. The van der Waals surface area contributed by atoms with Crippen LogP contribution in [0.15, 0.2) is 97.1 Å². The van der Waals surface area contributed by atoms with Crippen molar-refractivity contribution in [2.45, 2.75) is 19.3 Å². The molecule has 35 heavy (non-hydrogen) atoms. The number of carbonyl (C=O) groups excluding carboxylic acids is 1. The van der Waals surface area contributed by atoms with Crippen molar-refractivity contribution in [2.24, 2.45) is 0 Å². The second-order valence-electron chi connectivity index (χ2n) is 8.35. The second-order valence-corrected chi connectivity index (χ2v) is 8.35. The summed E-state index contributed by atoms with van der Waals surface area (Å²) in [6.45, 7) is 2.14. The number of ether oxygens (including phenoxy) is 1. The summed E-state index contributed by atoms with van der Waals surface area (Å²) in [4.78, 5) is 12.3. The zero-order valence-corrected chi connectivity index (χ0v) is 19.3. The van der Waals surface area contributed by atoms with E-state index in [4.69, 9.17) is 10.00 Å². The lowest BCUT2D eigenvalue weighted by molar-refractivity contribution is 0.0734. The van der Waals surface area contributed by atoms with Crippen molar-refractivity contribution in [1.82, 2.24) is 0 Å². The van der Waals surface area contributed by atoms with Gasteiger partial charge in [0.2, 0.25) is 0 Å². The Labute approximate surface area is 204 Å². The van der Waals surface area contributed by atoms with Crippen LogP contribution in [-0.4, -0.2) is 5.97 Å². The van der Waals surface area contributed by atoms with E-state index in [2.05, 4.69) is 19.1 Å². The van der Waals surface area contributed by atoms with Gasteiger partial charge in [0.25, 0.3) is 0 Å². The second kappa shape index (κ2) is 11.1. The van der Waals surface area contributed by atoms with Gasteiger partial charge in [-0.2, -0.15) is 5.26 Å². The van der Waals surface area contributed by atoms with Crippen LogP contribution in [-0.2, 0) is 6.42 Å². The Morgan fingerprint density at radius 3 is 2.31 bits per heavy atom. The van der Waals surface area contributed by atoms with Crippen molar-refractivity contribution in [3.8, 4) is 11.8 Å². The van der Waals surface area contributed by atoms with Crippen LogP contribution in [0.1, 0.15) is 51.0 Å². The first kappa shape index (κ1) is 23.7. The molecule has 0 aliphatic rings. The Kier molecular flexibility index (Phi) is 7.50. The van der Waals surface area contributed by atoms with Gasteiger partial charge in [0.1, 0.15) is 11.6 Å². The maximum Gasteiger partial charge on any atom is 0.343 e. The van der Waals surface area contributed by atoms with Crippen LogP contribution in [0.2, 0.25) is 0 Å².